The highest BCUT2D eigenvalue weighted by Crippen LogP contribution is 2.00. The Morgan fingerprint density at radius 1 is 1.88 bits per heavy atom. The van der Waals surface area contributed by atoms with Crippen LogP contribution < -0.4 is 5.73 Å². The molecule has 8 heavy (non-hydrogen) atoms. The van der Waals surface area contributed by atoms with Gasteiger partial charge in [-0.3, -0.25) is 4.79 Å². The molecule has 0 heterocycles. The van der Waals surface area contributed by atoms with Crippen LogP contribution in [-0.4, -0.2) is 9.44 Å². The highest BCUT2D eigenvalue weighted by Gasteiger charge is 1.95. The summed E-state index contributed by atoms with van der Waals surface area (Å²) in [6.07, 6.45) is 1.17. The fraction of sp³-hybridized carbons (Fsp3) is 0. The fourth-order valence-electron chi connectivity index (χ4n) is 0.141. The third-order valence-electron chi connectivity index (χ3n) is 0.368. The molecule has 0 saturated heterocycles. The van der Waals surface area contributed by atoms with E-state index in [0.717, 1.165) is 11.8 Å². The van der Waals surface area contributed by atoms with Crippen LogP contribution in [0.25, 0.3) is 0 Å². The molecular formula is C4H5NOS2. The molecule has 0 radical (unpaired) electrons. The molecule has 0 unspecified atom stereocenters. The van der Waals surface area contributed by atoms with Gasteiger partial charge in [-0.1, -0.05) is 18.8 Å². The first-order valence-corrected chi connectivity index (χ1v) is 3.03. The summed E-state index contributed by atoms with van der Waals surface area (Å²) in [4.78, 5) is 10.3. The lowest BCUT2D eigenvalue weighted by Gasteiger charge is -1.86. The third kappa shape index (κ3) is 3.83. The molecule has 0 atom stereocenters. The van der Waals surface area contributed by atoms with Gasteiger partial charge in [0.15, 0.2) is 0 Å². The van der Waals surface area contributed by atoms with Gasteiger partial charge in [0.1, 0.15) is 4.32 Å². The van der Waals surface area contributed by atoms with Gasteiger partial charge in [0.25, 0.3) is 0 Å². The first-order chi connectivity index (χ1) is 3.66. The summed E-state index contributed by atoms with van der Waals surface area (Å²) >= 11 is 5.22. The normalized spacial score (nSPS) is 8.00. The van der Waals surface area contributed by atoms with Gasteiger partial charge in [-0.05, 0) is 17.8 Å². The van der Waals surface area contributed by atoms with E-state index in [4.69, 9.17) is 5.73 Å². The Morgan fingerprint density at radius 3 is 2.50 bits per heavy atom. The van der Waals surface area contributed by atoms with Gasteiger partial charge in [-0.2, -0.15) is 0 Å². The molecule has 0 aromatic heterocycles. The molecule has 0 amide bonds. The maximum absolute atomic E-state index is 10.3. The van der Waals surface area contributed by atoms with E-state index in [1.54, 1.807) is 0 Å². The monoisotopic (exact) mass is 147 g/mol. The first-order valence-electron chi connectivity index (χ1n) is 1.80. The molecule has 2 nitrogen and oxygen atoms in total. The van der Waals surface area contributed by atoms with Crippen LogP contribution in [0.1, 0.15) is 0 Å². The van der Waals surface area contributed by atoms with Crippen molar-refractivity contribution in [1.82, 2.24) is 0 Å². The van der Waals surface area contributed by atoms with Crippen LogP contribution in [0.4, 0.5) is 0 Å². The van der Waals surface area contributed by atoms with E-state index in [-0.39, 0.29) is 9.44 Å². The van der Waals surface area contributed by atoms with Crippen LogP contribution in [0.15, 0.2) is 12.7 Å². The molecule has 0 bridgehead atoms. The van der Waals surface area contributed by atoms with Crippen molar-refractivity contribution in [2.75, 3.05) is 0 Å². The number of hydrogen-bond donors (Lipinski definition) is 1. The van der Waals surface area contributed by atoms with Gasteiger partial charge in [0, 0.05) is 0 Å². The summed E-state index contributed by atoms with van der Waals surface area (Å²) in [5, 5.41) is -0.211. The smallest absolute Gasteiger partial charge is 0.218 e. The van der Waals surface area contributed by atoms with E-state index in [9.17, 15) is 4.79 Å². The van der Waals surface area contributed by atoms with Crippen LogP contribution in [-0.2, 0) is 4.79 Å². The number of nitrogens with two attached hydrogens (primary N) is 1. The number of thiocarbonyl (C=S) groups is 1. The van der Waals surface area contributed by atoms with E-state index in [1.165, 1.54) is 6.08 Å². The van der Waals surface area contributed by atoms with Gasteiger partial charge in [0.05, 0.1) is 0 Å². The number of carbonyl (C=O) groups is 1. The van der Waals surface area contributed by atoms with Crippen molar-refractivity contribution in [3.63, 3.8) is 0 Å². The van der Waals surface area contributed by atoms with Crippen molar-refractivity contribution in [3.05, 3.63) is 12.7 Å². The minimum atomic E-state index is -0.211. The molecule has 0 aromatic rings. The maximum Gasteiger partial charge on any atom is 0.218 e. The van der Waals surface area contributed by atoms with Gasteiger partial charge in [0.2, 0.25) is 5.12 Å². The summed E-state index contributed by atoms with van der Waals surface area (Å²) in [7, 11) is 0. The third-order valence-corrected chi connectivity index (χ3v) is 1.19. The van der Waals surface area contributed by atoms with Gasteiger partial charge in [-0.15, -0.1) is 0 Å². The Bertz CT molecular complexity index is 132. The van der Waals surface area contributed by atoms with Crippen LogP contribution in [0.3, 0.4) is 0 Å². The topological polar surface area (TPSA) is 43.1 Å². The summed E-state index contributed by atoms with van der Waals surface area (Å²) in [5.41, 5.74) is 4.99. The largest absolute Gasteiger partial charge is 0.384 e. The zero-order valence-corrected chi connectivity index (χ0v) is 5.72. The second kappa shape index (κ2) is 3.63. The highest BCUT2D eigenvalue weighted by atomic mass is 32.2. The molecule has 2 N–H and O–H groups in total. The van der Waals surface area contributed by atoms with Crippen molar-refractivity contribution < 1.29 is 4.79 Å². The van der Waals surface area contributed by atoms with E-state index in [2.05, 4.69) is 18.8 Å². The summed E-state index contributed by atoms with van der Waals surface area (Å²) in [6.45, 7) is 3.23. The molecule has 0 aliphatic carbocycles. The minimum absolute atomic E-state index is 0.134. The second-order valence-electron chi connectivity index (χ2n) is 0.944. The molecule has 0 rings (SSSR count). The zero-order valence-electron chi connectivity index (χ0n) is 4.09. The summed E-state index contributed by atoms with van der Waals surface area (Å²) < 4.78 is 0.134. The van der Waals surface area contributed by atoms with Crippen LogP contribution >= 0.6 is 24.0 Å². The zero-order chi connectivity index (χ0) is 6.57. The predicted molar refractivity (Wildman–Crippen MR) is 39.6 cm³/mol. The van der Waals surface area contributed by atoms with Gasteiger partial charge < -0.3 is 5.73 Å². The van der Waals surface area contributed by atoms with Crippen molar-refractivity contribution in [1.29, 1.82) is 0 Å². The average Bonchev–Trinajstić information content (AvgIpc) is 1.65. The summed E-state index contributed by atoms with van der Waals surface area (Å²) in [6, 6.07) is 0. The van der Waals surface area contributed by atoms with Crippen molar-refractivity contribution in [2.45, 2.75) is 0 Å². The van der Waals surface area contributed by atoms with E-state index >= 15 is 0 Å². The second-order valence-corrected chi connectivity index (χ2v) is 2.69. The molecule has 4 heteroatoms. The lowest BCUT2D eigenvalue weighted by atomic mass is 10.7. The minimum Gasteiger partial charge on any atom is -0.384 e. The van der Waals surface area contributed by atoms with E-state index in [1.807, 2.05) is 0 Å². The lowest BCUT2D eigenvalue weighted by Crippen LogP contribution is -2.04. The SMILES string of the molecule is C=CC(=O)SC(N)=S. The Balaban J connectivity index is 3.55. The Labute approximate surface area is 57.1 Å². The highest BCUT2D eigenvalue weighted by molar-refractivity contribution is 8.33. The Morgan fingerprint density at radius 2 is 2.38 bits per heavy atom. The van der Waals surface area contributed by atoms with E-state index < -0.39 is 0 Å². The lowest BCUT2D eigenvalue weighted by molar-refractivity contribution is -0.106. The van der Waals surface area contributed by atoms with Crippen LogP contribution in [0.5, 0.6) is 0 Å². The summed E-state index contributed by atoms with van der Waals surface area (Å²) in [5.74, 6) is 0. The van der Waals surface area contributed by atoms with Crippen LogP contribution in [0, 0.1) is 0 Å². The van der Waals surface area contributed by atoms with Gasteiger partial charge >= 0.3 is 0 Å². The molecule has 0 spiro atoms. The first kappa shape index (κ1) is 7.65. The number of carbonyl (C=O) groups excluding carboxylic acids is 1. The number of thioether (sulfide) groups is 1. The number of hydrogen-bond acceptors (Lipinski definition) is 3. The molecular weight excluding hydrogens is 142 g/mol. The predicted octanol–water partition coefficient (Wildman–Crippen LogP) is 0.676. The average molecular weight is 147 g/mol. The van der Waals surface area contributed by atoms with Crippen LogP contribution in [0.2, 0.25) is 0 Å². The molecule has 0 fully saturated rings. The molecule has 0 aromatic carbocycles. The molecule has 44 valence electrons. The molecule has 0 aliphatic rings. The standard InChI is InChI=1S/C4H5NOS2/c1-2-3(6)8-4(5)7/h2H,1H2,(H2,5,7). The Kier molecular flexibility index (Phi) is 3.47. The molecule has 0 saturated carbocycles. The molecule has 0 aliphatic heterocycles. The van der Waals surface area contributed by atoms with Crippen molar-refractivity contribution in [3.8, 4) is 0 Å². The van der Waals surface area contributed by atoms with Crippen molar-refractivity contribution >= 4 is 33.4 Å². The van der Waals surface area contributed by atoms with Gasteiger partial charge in [-0.25, -0.2) is 0 Å². The maximum atomic E-state index is 10.3. The Hall–Kier alpha value is -0.350. The van der Waals surface area contributed by atoms with Crippen molar-refractivity contribution in [2.24, 2.45) is 5.73 Å². The quantitative estimate of drug-likeness (QED) is 0.437. The number of rotatable bonds is 1. The fourth-order valence-corrected chi connectivity index (χ4v) is 0.669. The van der Waals surface area contributed by atoms with E-state index in [0.29, 0.717) is 0 Å².